The minimum Gasteiger partial charge on any atom is -0.396 e. The molecule has 1 aromatic carbocycles. The molecule has 1 saturated heterocycles. The molecule has 2 rings (SSSR count). The minimum atomic E-state index is -0.364. The molecule has 1 aliphatic rings. The van der Waals surface area contributed by atoms with Gasteiger partial charge in [-0.1, -0.05) is 12.1 Å². The number of nitrogens with zero attached hydrogens (tertiary/aromatic N) is 1. The van der Waals surface area contributed by atoms with Gasteiger partial charge in [-0.2, -0.15) is 0 Å². The van der Waals surface area contributed by atoms with E-state index >= 15 is 0 Å². The fraction of sp³-hybridized carbons (Fsp3) is 0.562. The number of ketones is 1. The molecular weight excluding hydrogens is 257 g/mol. The Morgan fingerprint density at radius 2 is 2.30 bits per heavy atom. The second-order valence-electron chi connectivity index (χ2n) is 5.50. The van der Waals surface area contributed by atoms with E-state index < -0.39 is 0 Å². The summed E-state index contributed by atoms with van der Waals surface area (Å²) in [6, 6.07) is 5.88. The maximum Gasteiger partial charge on any atom is 0.164 e. The molecule has 0 aliphatic carbocycles. The van der Waals surface area contributed by atoms with Crippen LogP contribution in [-0.4, -0.2) is 42.0 Å². The summed E-state index contributed by atoms with van der Waals surface area (Å²) < 4.78 is 13.1. The van der Waals surface area contributed by atoms with Gasteiger partial charge >= 0.3 is 0 Å². The monoisotopic (exact) mass is 279 g/mol. The van der Waals surface area contributed by atoms with Crippen LogP contribution < -0.4 is 0 Å². The molecule has 0 bridgehead atoms. The summed E-state index contributed by atoms with van der Waals surface area (Å²) >= 11 is 0. The van der Waals surface area contributed by atoms with Crippen molar-refractivity contribution in [2.45, 2.75) is 25.7 Å². The summed E-state index contributed by atoms with van der Waals surface area (Å²) in [6.45, 7) is 2.92. The van der Waals surface area contributed by atoms with Crippen LogP contribution in [0.3, 0.4) is 0 Å². The zero-order valence-electron chi connectivity index (χ0n) is 11.7. The first-order chi connectivity index (χ1) is 9.69. The lowest BCUT2D eigenvalue weighted by atomic mass is 9.95. The van der Waals surface area contributed by atoms with Crippen molar-refractivity contribution in [3.8, 4) is 0 Å². The Bertz CT molecular complexity index is 448. The second kappa shape index (κ2) is 7.50. The van der Waals surface area contributed by atoms with Crippen LogP contribution >= 0.6 is 0 Å². The maximum absolute atomic E-state index is 13.1. The van der Waals surface area contributed by atoms with Crippen molar-refractivity contribution < 1.29 is 14.3 Å². The lowest BCUT2D eigenvalue weighted by Crippen LogP contribution is -2.37. The van der Waals surface area contributed by atoms with Crippen LogP contribution in [0.5, 0.6) is 0 Å². The fourth-order valence-electron chi connectivity index (χ4n) is 2.84. The topological polar surface area (TPSA) is 40.5 Å². The average molecular weight is 279 g/mol. The van der Waals surface area contributed by atoms with Gasteiger partial charge in [0, 0.05) is 31.7 Å². The molecule has 0 spiro atoms. The normalized spacial score (nSPS) is 20.0. The molecule has 1 aliphatic heterocycles. The summed E-state index contributed by atoms with van der Waals surface area (Å²) in [7, 11) is 0. The third kappa shape index (κ3) is 4.39. The van der Waals surface area contributed by atoms with Crippen molar-refractivity contribution in [2.24, 2.45) is 5.92 Å². The lowest BCUT2D eigenvalue weighted by molar-refractivity contribution is 0.0937. The number of benzene rings is 1. The van der Waals surface area contributed by atoms with Gasteiger partial charge in [0.25, 0.3) is 0 Å². The molecule has 0 aromatic heterocycles. The number of likely N-dealkylation sites (tertiary alicyclic amines) is 1. The van der Waals surface area contributed by atoms with E-state index in [0.29, 0.717) is 17.9 Å². The van der Waals surface area contributed by atoms with E-state index in [9.17, 15) is 9.18 Å². The first-order valence-electron chi connectivity index (χ1n) is 7.31. The minimum absolute atomic E-state index is 0.00576. The first-order valence-corrected chi connectivity index (χ1v) is 7.31. The Morgan fingerprint density at radius 3 is 3.05 bits per heavy atom. The van der Waals surface area contributed by atoms with Crippen LogP contribution in [0.4, 0.5) is 4.39 Å². The number of halogens is 1. The number of Topliss-reactive ketones (excluding diaryl/α,β-unsaturated/α-hetero) is 1. The predicted octanol–water partition coefficient (Wildman–Crippen LogP) is 2.49. The van der Waals surface area contributed by atoms with Crippen molar-refractivity contribution in [1.82, 2.24) is 4.90 Å². The van der Waals surface area contributed by atoms with E-state index in [2.05, 4.69) is 4.90 Å². The molecule has 3 nitrogen and oxygen atoms in total. The van der Waals surface area contributed by atoms with Crippen molar-refractivity contribution in [2.75, 3.05) is 26.2 Å². The zero-order chi connectivity index (χ0) is 14.4. The molecule has 0 amide bonds. The smallest absolute Gasteiger partial charge is 0.164 e. The number of carbonyl (C=O) groups is 1. The molecule has 4 heteroatoms. The van der Waals surface area contributed by atoms with E-state index in [4.69, 9.17) is 5.11 Å². The van der Waals surface area contributed by atoms with Gasteiger partial charge in [-0.05, 0) is 43.9 Å². The van der Waals surface area contributed by atoms with Gasteiger partial charge in [0.2, 0.25) is 0 Å². The van der Waals surface area contributed by atoms with Gasteiger partial charge in [-0.25, -0.2) is 4.39 Å². The summed E-state index contributed by atoms with van der Waals surface area (Å²) in [5.74, 6) is 0.170. The van der Waals surface area contributed by atoms with E-state index in [1.807, 2.05) is 0 Å². The molecule has 1 atom stereocenters. The van der Waals surface area contributed by atoms with Crippen molar-refractivity contribution >= 4 is 5.78 Å². The van der Waals surface area contributed by atoms with Crippen molar-refractivity contribution in [1.29, 1.82) is 0 Å². The van der Waals surface area contributed by atoms with Crippen LogP contribution in [-0.2, 0) is 0 Å². The second-order valence-corrected chi connectivity index (χ2v) is 5.50. The van der Waals surface area contributed by atoms with Crippen LogP contribution in [0.15, 0.2) is 24.3 Å². The molecule has 0 radical (unpaired) electrons. The number of hydrogen-bond acceptors (Lipinski definition) is 3. The summed E-state index contributed by atoms with van der Waals surface area (Å²) in [5, 5.41) is 8.99. The van der Waals surface area contributed by atoms with E-state index in [1.165, 1.54) is 12.1 Å². The Balaban J connectivity index is 1.81. The SMILES string of the molecule is O=C(CCN1CCCC(CCO)C1)c1cccc(F)c1. The molecule has 1 unspecified atom stereocenters. The predicted molar refractivity (Wildman–Crippen MR) is 76.2 cm³/mol. The number of aliphatic hydroxyl groups excluding tert-OH is 1. The number of hydrogen-bond donors (Lipinski definition) is 1. The largest absolute Gasteiger partial charge is 0.396 e. The highest BCUT2D eigenvalue weighted by Gasteiger charge is 2.20. The van der Waals surface area contributed by atoms with Crippen LogP contribution in [0.1, 0.15) is 36.0 Å². The standard InChI is InChI=1S/C16H22FNO2/c17-15-5-1-4-14(11-15)16(20)6-9-18-8-2-3-13(12-18)7-10-19/h1,4-5,11,13,19H,2-3,6-10,12H2. The van der Waals surface area contributed by atoms with Gasteiger partial charge in [0.05, 0.1) is 0 Å². The summed E-state index contributed by atoms with van der Waals surface area (Å²) in [6.07, 6.45) is 3.55. The third-order valence-corrected chi connectivity index (χ3v) is 3.94. The first kappa shape index (κ1) is 15.1. The molecule has 20 heavy (non-hydrogen) atoms. The average Bonchev–Trinajstić information content (AvgIpc) is 2.45. The highest BCUT2D eigenvalue weighted by molar-refractivity contribution is 5.96. The Kier molecular flexibility index (Phi) is 5.68. The maximum atomic E-state index is 13.1. The Morgan fingerprint density at radius 1 is 1.45 bits per heavy atom. The number of aliphatic hydroxyl groups is 1. The molecule has 1 aromatic rings. The molecular formula is C16H22FNO2. The molecule has 0 saturated carbocycles. The number of carbonyl (C=O) groups excluding carboxylic acids is 1. The van der Waals surface area contributed by atoms with Gasteiger partial charge in [0.1, 0.15) is 5.82 Å². The lowest BCUT2D eigenvalue weighted by Gasteiger charge is -2.32. The van der Waals surface area contributed by atoms with Gasteiger partial charge < -0.3 is 10.0 Å². The zero-order valence-corrected chi connectivity index (χ0v) is 11.7. The quantitative estimate of drug-likeness (QED) is 0.813. The van der Waals surface area contributed by atoms with Crippen LogP contribution in [0.25, 0.3) is 0 Å². The van der Waals surface area contributed by atoms with Gasteiger partial charge in [0.15, 0.2) is 5.78 Å². The van der Waals surface area contributed by atoms with Crippen LogP contribution in [0.2, 0.25) is 0 Å². The highest BCUT2D eigenvalue weighted by atomic mass is 19.1. The number of piperidine rings is 1. The van der Waals surface area contributed by atoms with Crippen LogP contribution in [0, 0.1) is 11.7 Å². The Labute approximate surface area is 119 Å². The van der Waals surface area contributed by atoms with Gasteiger partial charge in [-0.3, -0.25) is 4.79 Å². The van der Waals surface area contributed by atoms with Crippen molar-refractivity contribution in [3.05, 3.63) is 35.6 Å². The Hall–Kier alpha value is -1.26. The number of rotatable bonds is 6. The fourth-order valence-corrected chi connectivity index (χ4v) is 2.84. The molecule has 1 fully saturated rings. The summed E-state index contributed by atoms with van der Waals surface area (Å²) in [4.78, 5) is 14.3. The molecule has 1 heterocycles. The van der Waals surface area contributed by atoms with E-state index in [-0.39, 0.29) is 18.2 Å². The molecule has 110 valence electrons. The molecule has 1 N–H and O–H groups in total. The van der Waals surface area contributed by atoms with Gasteiger partial charge in [-0.15, -0.1) is 0 Å². The summed E-state index contributed by atoms with van der Waals surface area (Å²) in [5.41, 5.74) is 0.453. The van der Waals surface area contributed by atoms with Crippen molar-refractivity contribution in [3.63, 3.8) is 0 Å². The third-order valence-electron chi connectivity index (χ3n) is 3.94. The van der Waals surface area contributed by atoms with E-state index in [1.54, 1.807) is 12.1 Å². The van der Waals surface area contributed by atoms with E-state index in [0.717, 1.165) is 38.9 Å². The highest BCUT2D eigenvalue weighted by Crippen LogP contribution is 2.19.